The third-order valence-corrected chi connectivity index (χ3v) is 10.1. The minimum atomic E-state index is -3.26. The van der Waals surface area contributed by atoms with Gasteiger partial charge in [-0.15, -0.1) is 0 Å². The molecule has 3 aromatic rings. The number of esters is 2. The quantitative estimate of drug-likeness (QED) is 0.0815. The van der Waals surface area contributed by atoms with Gasteiger partial charge in [0.15, 0.2) is 5.60 Å². The zero-order chi connectivity index (χ0) is 37.9. The smallest absolute Gasteiger partial charge is 0.303 e. The normalized spacial score (nSPS) is 16.7. The number of β-lactam (4-membered cyclic amide) rings is 1. The monoisotopic (exact) mass is 740 g/mol. The van der Waals surface area contributed by atoms with Crippen LogP contribution in [0.5, 0.6) is 0 Å². The largest absolute Gasteiger partial charge is 0.458 e. The molecule has 1 heterocycles. The van der Waals surface area contributed by atoms with Crippen molar-refractivity contribution in [2.45, 2.75) is 83.0 Å². The van der Waals surface area contributed by atoms with E-state index in [1.165, 1.54) is 26.0 Å². The molecule has 1 fully saturated rings. The highest BCUT2D eigenvalue weighted by molar-refractivity contribution is 7.88. The van der Waals surface area contributed by atoms with Crippen molar-refractivity contribution in [1.29, 1.82) is 0 Å². The summed E-state index contributed by atoms with van der Waals surface area (Å²) in [6.07, 6.45) is 4.94. The van der Waals surface area contributed by atoms with Crippen LogP contribution in [0.15, 0.2) is 72.8 Å². The molecular weight excluding hydrogens is 691 g/mol. The van der Waals surface area contributed by atoms with Crippen LogP contribution in [-0.2, 0) is 46.7 Å². The van der Waals surface area contributed by atoms with Gasteiger partial charge in [-0.05, 0) is 97.9 Å². The lowest BCUT2D eigenvalue weighted by Crippen LogP contribution is -2.55. The first-order chi connectivity index (χ1) is 24.7. The molecule has 0 aromatic heterocycles. The van der Waals surface area contributed by atoms with Crippen LogP contribution >= 0.6 is 0 Å². The summed E-state index contributed by atoms with van der Waals surface area (Å²) in [5.41, 5.74) is 3.08. The van der Waals surface area contributed by atoms with Crippen molar-refractivity contribution in [2.24, 2.45) is 5.92 Å². The summed E-state index contributed by atoms with van der Waals surface area (Å²) < 4.78 is 49.7. The molecule has 0 radical (unpaired) electrons. The molecule has 52 heavy (non-hydrogen) atoms. The Morgan fingerprint density at radius 1 is 0.885 bits per heavy atom. The summed E-state index contributed by atoms with van der Waals surface area (Å²) in [5.74, 6) is -1.91. The van der Waals surface area contributed by atoms with Crippen molar-refractivity contribution in [1.82, 2.24) is 4.72 Å². The molecule has 3 N–H and O–H groups in total. The van der Waals surface area contributed by atoms with Gasteiger partial charge < -0.3 is 24.6 Å². The van der Waals surface area contributed by atoms with Gasteiger partial charge in [-0.25, -0.2) is 17.5 Å². The van der Waals surface area contributed by atoms with Crippen LogP contribution in [-0.4, -0.2) is 68.1 Å². The number of aliphatic hydroxyl groups excluding tert-OH is 2. The van der Waals surface area contributed by atoms with Crippen LogP contribution in [0.2, 0.25) is 0 Å². The second kappa shape index (κ2) is 18.5. The van der Waals surface area contributed by atoms with Crippen molar-refractivity contribution in [2.75, 3.05) is 30.9 Å². The molecule has 1 saturated heterocycles. The van der Waals surface area contributed by atoms with E-state index in [4.69, 9.17) is 9.47 Å². The second-order valence-corrected chi connectivity index (χ2v) is 15.3. The van der Waals surface area contributed by atoms with Crippen molar-refractivity contribution in [3.63, 3.8) is 0 Å². The molecule has 0 spiro atoms. The first-order valence-corrected chi connectivity index (χ1v) is 19.4. The maximum atomic E-state index is 13.8. The number of amides is 1. The highest BCUT2D eigenvalue weighted by Gasteiger charge is 2.48. The van der Waals surface area contributed by atoms with Crippen LogP contribution in [0.3, 0.4) is 0 Å². The third kappa shape index (κ3) is 11.4. The average Bonchev–Trinajstić information content (AvgIpc) is 3.10. The Labute approximate surface area is 305 Å². The topological polar surface area (TPSA) is 160 Å². The van der Waals surface area contributed by atoms with Gasteiger partial charge in [0.1, 0.15) is 11.9 Å². The summed E-state index contributed by atoms with van der Waals surface area (Å²) in [6.45, 7) is 1.96. The molecule has 1 unspecified atom stereocenters. The Balaban J connectivity index is 1.49. The number of rotatable bonds is 20. The number of benzene rings is 3. The number of hydrogen-bond acceptors (Lipinski definition) is 9. The van der Waals surface area contributed by atoms with Gasteiger partial charge in [-0.3, -0.25) is 14.4 Å². The molecule has 13 heteroatoms. The Hall–Kier alpha value is -4.17. The Morgan fingerprint density at radius 3 is 2.04 bits per heavy atom. The molecule has 1 aliphatic rings. The first-order valence-electron chi connectivity index (χ1n) is 17.5. The van der Waals surface area contributed by atoms with Gasteiger partial charge >= 0.3 is 11.9 Å². The number of nitrogens with zero attached hydrogens (tertiary/aromatic N) is 1. The minimum Gasteiger partial charge on any atom is -0.458 e. The fourth-order valence-electron chi connectivity index (χ4n) is 6.66. The van der Waals surface area contributed by atoms with E-state index in [0.717, 1.165) is 35.1 Å². The number of aryl methyl sites for hydroxylation is 2. The fourth-order valence-corrected chi connectivity index (χ4v) is 7.18. The molecule has 282 valence electrons. The first kappa shape index (κ1) is 40.6. The van der Waals surface area contributed by atoms with Crippen molar-refractivity contribution < 1.29 is 46.9 Å². The maximum absolute atomic E-state index is 13.8. The number of ether oxygens (including phenoxy) is 2. The highest BCUT2D eigenvalue weighted by Crippen LogP contribution is 2.46. The van der Waals surface area contributed by atoms with E-state index in [-0.39, 0.29) is 11.9 Å². The standard InChI is InChI=1S/C39H49FN2O9S/c1-27(45)50-36(31-15-17-33(40)18-16-31)22-21-35-37(42(38(35)47)34-19-11-30(12-20-34)8-6-24-41-52(3,48)49)32-13-9-29(10-14-32)7-4-5-23-39(25-43,26-44)51-28(2)46/h9-20,35-37,41,43-44H,4-8,21-26H2,1-3H3/t35?,36-,37+/m0/s1. The van der Waals surface area contributed by atoms with Gasteiger partial charge in [0, 0.05) is 26.1 Å². The second-order valence-electron chi connectivity index (χ2n) is 13.5. The summed E-state index contributed by atoms with van der Waals surface area (Å²) in [7, 11) is -3.26. The number of carbonyl (C=O) groups excluding carboxylic acids is 3. The number of halogens is 1. The van der Waals surface area contributed by atoms with Gasteiger partial charge in [0.25, 0.3) is 0 Å². The van der Waals surface area contributed by atoms with Crippen molar-refractivity contribution in [3.8, 4) is 0 Å². The van der Waals surface area contributed by atoms with Crippen LogP contribution in [0, 0.1) is 11.7 Å². The summed E-state index contributed by atoms with van der Waals surface area (Å²) in [5, 5.41) is 19.5. The van der Waals surface area contributed by atoms with Crippen LogP contribution in [0.1, 0.15) is 86.8 Å². The predicted molar refractivity (Wildman–Crippen MR) is 194 cm³/mol. The van der Waals surface area contributed by atoms with Gasteiger partial charge in [-0.2, -0.15) is 0 Å². The van der Waals surface area contributed by atoms with Gasteiger partial charge in [-0.1, -0.05) is 48.5 Å². The van der Waals surface area contributed by atoms with E-state index in [0.29, 0.717) is 57.1 Å². The van der Waals surface area contributed by atoms with E-state index in [9.17, 15) is 37.4 Å². The molecule has 3 aromatic carbocycles. The highest BCUT2D eigenvalue weighted by atomic mass is 32.2. The molecule has 0 bridgehead atoms. The minimum absolute atomic E-state index is 0.0658. The predicted octanol–water partition coefficient (Wildman–Crippen LogP) is 5.10. The van der Waals surface area contributed by atoms with Crippen LogP contribution in [0.4, 0.5) is 10.1 Å². The lowest BCUT2D eigenvalue weighted by atomic mass is 9.78. The van der Waals surface area contributed by atoms with Crippen molar-refractivity contribution >= 4 is 33.6 Å². The van der Waals surface area contributed by atoms with E-state index in [1.807, 2.05) is 48.5 Å². The van der Waals surface area contributed by atoms with Gasteiger partial charge in [0.05, 0.1) is 31.4 Å². The molecule has 0 saturated carbocycles. The summed E-state index contributed by atoms with van der Waals surface area (Å²) in [4.78, 5) is 39.0. The molecule has 4 rings (SSSR count). The number of carbonyl (C=O) groups is 3. The molecule has 11 nitrogen and oxygen atoms in total. The number of nitrogens with one attached hydrogen (secondary N) is 1. The van der Waals surface area contributed by atoms with E-state index >= 15 is 0 Å². The third-order valence-electron chi connectivity index (χ3n) is 9.33. The number of anilines is 1. The lowest BCUT2D eigenvalue weighted by molar-refractivity contribution is -0.168. The number of aliphatic hydroxyl groups is 2. The number of sulfonamides is 1. The SMILES string of the molecule is CC(=O)O[C@@H](CCC1C(=O)N(c2ccc(CCCNS(C)(=O)=O)cc2)[C@@H]1c1ccc(CCCCC(CO)(CO)OC(C)=O)cc1)c1ccc(F)cc1. The van der Waals surface area contributed by atoms with Crippen LogP contribution < -0.4 is 9.62 Å². The average molecular weight is 741 g/mol. The van der Waals surface area contributed by atoms with E-state index in [2.05, 4.69) is 4.72 Å². The Bertz CT molecular complexity index is 1750. The number of unbranched alkanes of at least 4 members (excludes halogenated alkanes) is 1. The maximum Gasteiger partial charge on any atom is 0.303 e. The molecule has 1 aliphatic heterocycles. The van der Waals surface area contributed by atoms with Gasteiger partial charge in [0.2, 0.25) is 15.9 Å². The molecule has 3 atom stereocenters. The lowest BCUT2D eigenvalue weighted by Gasteiger charge is -2.48. The van der Waals surface area contributed by atoms with E-state index in [1.54, 1.807) is 17.0 Å². The fraction of sp³-hybridized carbons (Fsp3) is 0.462. The summed E-state index contributed by atoms with van der Waals surface area (Å²) in [6, 6.07) is 21.2. The zero-order valence-electron chi connectivity index (χ0n) is 29.9. The zero-order valence-corrected chi connectivity index (χ0v) is 30.7. The van der Waals surface area contributed by atoms with Crippen molar-refractivity contribution in [3.05, 3.63) is 101 Å². The Morgan fingerprint density at radius 2 is 1.48 bits per heavy atom. The number of hydrogen-bond donors (Lipinski definition) is 3. The summed E-state index contributed by atoms with van der Waals surface area (Å²) >= 11 is 0. The molecular formula is C39H49FN2O9S. The molecule has 0 aliphatic carbocycles. The Kier molecular flexibility index (Phi) is 14.5. The molecule has 1 amide bonds. The van der Waals surface area contributed by atoms with E-state index < -0.39 is 58.6 Å². The van der Waals surface area contributed by atoms with Crippen LogP contribution in [0.25, 0.3) is 0 Å².